The molecule has 0 bridgehead atoms. The van der Waals surface area contributed by atoms with Gasteiger partial charge in [0.15, 0.2) is 0 Å². The van der Waals surface area contributed by atoms with E-state index < -0.39 is 36.2 Å². The number of pyridine rings is 1. The van der Waals surface area contributed by atoms with Crippen LogP contribution < -0.4 is 11.1 Å². The molecular formula is C22H19F5N6. The Hall–Kier alpha value is -3.34. The van der Waals surface area contributed by atoms with Gasteiger partial charge in [-0.3, -0.25) is 4.98 Å². The second-order valence-electron chi connectivity index (χ2n) is 8.29. The lowest BCUT2D eigenvalue weighted by molar-refractivity contribution is -0.137. The molecule has 1 saturated carbocycles. The van der Waals surface area contributed by atoms with Gasteiger partial charge in [-0.15, -0.1) is 0 Å². The van der Waals surface area contributed by atoms with Crippen LogP contribution in [0.4, 0.5) is 27.9 Å². The minimum absolute atomic E-state index is 0.183. The van der Waals surface area contributed by atoms with E-state index in [0.717, 1.165) is 12.1 Å². The van der Waals surface area contributed by atoms with E-state index in [-0.39, 0.29) is 18.8 Å². The molecule has 0 saturated heterocycles. The highest BCUT2D eigenvalue weighted by Gasteiger charge is 2.40. The molecule has 0 spiro atoms. The van der Waals surface area contributed by atoms with Crippen molar-refractivity contribution in [2.45, 2.75) is 43.4 Å². The number of nitrogens with one attached hydrogen (secondary N) is 2. The van der Waals surface area contributed by atoms with Crippen molar-refractivity contribution in [2.24, 2.45) is 5.73 Å². The standard InChI is InChI=1S/C22H19F5N6/c23-21(24)4-3-17(16(28)6-21)32-20-31-8-11-7-29-9-15(19(11)33-20)14-10-30-18-5-12(22(25,26)27)1-2-13(14)18/h1-2,5,7-10,16-17,30H,3-4,6,28H2,(H,31,32,33). The summed E-state index contributed by atoms with van der Waals surface area (Å²) in [6.07, 6.45) is 1.37. The second-order valence-corrected chi connectivity index (χ2v) is 8.29. The van der Waals surface area contributed by atoms with E-state index >= 15 is 0 Å². The van der Waals surface area contributed by atoms with E-state index in [4.69, 9.17) is 5.73 Å². The third-order valence-electron chi connectivity index (χ3n) is 5.98. The molecule has 3 heterocycles. The first-order valence-corrected chi connectivity index (χ1v) is 10.3. The van der Waals surface area contributed by atoms with Gasteiger partial charge in [0.1, 0.15) is 0 Å². The quantitative estimate of drug-likeness (QED) is 0.368. The summed E-state index contributed by atoms with van der Waals surface area (Å²) in [6.45, 7) is 0. The van der Waals surface area contributed by atoms with Gasteiger partial charge in [-0.25, -0.2) is 18.7 Å². The van der Waals surface area contributed by atoms with Crippen LogP contribution in [0.3, 0.4) is 0 Å². The minimum Gasteiger partial charge on any atom is -0.361 e. The van der Waals surface area contributed by atoms with Crippen molar-refractivity contribution in [1.82, 2.24) is 19.9 Å². The average Bonchev–Trinajstić information content (AvgIpc) is 3.17. The molecule has 0 amide bonds. The molecule has 1 aromatic carbocycles. The zero-order valence-corrected chi connectivity index (χ0v) is 17.1. The van der Waals surface area contributed by atoms with Gasteiger partial charge in [0.25, 0.3) is 0 Å². The summed E-state index contributed by atoms with van der Waals surface area (Å²) in [7, 11) is 0. The summed E-state index contributed by atoms with van der Waals surface area (Å²) in [5.74, 6) is -2.54. The number of hydrogen-bond donors (Lipinski definition) is 3. The number of aromatic amines is 1. The fourth-order valence-corrected chi connectivity index (χ4v) is 4.26. The smallest absolute Gasteiger partial charge is 0.361 e. The van der Waals surface area contributed by atoms with Crippen molar-refractivity contribution in [3.8, 4) is 11.1 Å². The highest BCUT2D eigenvalue weighted by atomic mass is 19.4. The molecule has 4 aromatic rings. The molecule has 3 aromatic heterocycles. The third kappa shape index (κ3) is 4.08. The van der Waals surface area contributed by atoms with Gasteiger partial charge in [0, 0.05) is 77.1 Å². The molecule has 2 atom stereocenters. The molecule has 1 fully saturated rings. The van der Waals surface area contributed by atoms with Crippen molar-refractivity contribution in [3.63, 3.8) is 0 Å². The van der Waals surface area contributed by atoms with E-state index in [1.165, 1.54) is 6.07 Å². The molecule has 172 valence electrons. The molecule has 0 aliphatic heterocycles. The number of hydrogen-bond acceptors (Lipinski definition) is 5. The molecular weight excluding hydrogens is 443 g/mol. The SMILES string of the molecule is NC1CC(F)(F)CCC1Nc1ncc2cncc(-c3c[nH]c4cc(C(F)(F)F)ccc34)c2n1. The summed E-state index contributed by atoms with van der Waals surface area (Å²) in [5.41, 5.74) is 7.28. The lowest BCUT2D eigenvalue weighted by Gasteiger charge is -2.34. The number of benzene rings is 1. The van der Waals surface area contributed by atoms with Gasteiger partial charge in [0.2, 0.25) is 11.9 Å². The van der Waals surface area contributed by atoms with Crippen LogP contribution in [0, 0.1) is 0 Å². The molecule has 4 N–H and O–H groups in total. The van der Waals surface area contributed by atoms with Crippen LogP contribution in [0.5, 0.6) is 0 Å². The van der Waals surface area contributed by atoms with Crippen LogP contribution in [0.1, 0.15) is 24.8 Å². The summed E-state index contributed by atoms with van der Waals surface area (Å²) < 4.78 is 66.4. The molecule has 11 heteroatoms. The van der Waals surface area contributed by atoms with E-state index in [2.05, 4.69) is 25.3 Å². The third-order valence-corrected chi connectivity index (χ3v) is 5.98. The number of fused-ring (bicyclic) bond motifs is 2. The monoisotopic (exact) mass is 462 g/mol. The van der Waals surface area contributed by atoms with Crippen LogP contribution in [0.2, 0.25) is 0 Å². The molecule has 6 nitrogen and oxygen atoms in total. The first-order chi connectivity index (χ1) is 15.6. The largest absolute Gasteiger partial charge is 0.416 e. The highest BCUT2D eigenvalue weighted by molar-refractivity contribution is 6.03. The Labute approximate surface area is 184 Å². The zero-order chi connectivity index (χ0) is 23.4. The summed E-state index contributed by atoms with van der Waals surface area (Å²) in [5, 5.41) is 4.27. The number of H-pyrrole nitrogens is 1. The van der Waals surface area contributed by atoms with E-state index in [1.54, 1.807) is 24.8 Å². The maximum absolute atomic E-state index is 13.6. The molecule has 2 unspecified atom stereocenters. The van der Waals surface area contributed by atoms with Crippen molar-refractivity contribution in [3.05, 3.63) is 48.5 Å². The summed E-state index contributed by atoms with van der Waals surface area (Å²) >= 11 is 0. The predicted octanol–water partition coefficient (Wildman–Crippen LogP) is 5.12. The second kappa shape index (κ2) is 7.62. The normalized spacial score (nSPS) is 20.9. The van der Waals surface area contributed by atoms with Crippen molar-refractivity contribution in [2.75, 3.05) is 5.32 Å². The fraction of sp³-hybridized carbons (Fsp3) is 0.318. The Morgan fingerprint density at radius 2 is 1.94 bits per heavy atom. The van der Waals surface area contributed by atoms with E-state index in [9.17, 15) is 22.0 Å². The van der Waals surface area contributed by atoms with Crippen molar-refractivity contribution < 1.29 is 22.0 Å². The van der Waals surface area contributed by atoms with Crippen molar-refractivity contribution in [1.29, 1.82) is 0 Å². The minimum atomic E-state index is -4.45. The molecule has 5 rings (SSSR count). The van der Waals surface area contributed by atoms with Gasteiger partial charge in [0.05, 0.1) is 11.1 Å². The van der Waals surface area contributed by atoms with Gasteiger partial charge < -0.3 is 16.0 Å². The first-order valence-electron chi connectivity index (χ1n) is 10.3. The van der Waals surface area contributed by atoms with Gasteiger partial charge in [-0.2, -0.15) is 13.2 Å². The van der Waals surface area contributed by atoms with E-state index in [1.807, 2.05) is 0 Å². The van der Waals surface area contributed by atoms with Gasteiger partial charge in [-0.1, -0.05) is 6.07 Å². The number of nitrogens with zero attached hydrogens (tertiary/aromatic N) is 3. The maximum atomic E-state index is 13.6. The Bertz CT molecular complexity index is 1330. The number of nitrogens with two attached hydrogens (primary N) is 1. The Kier molecular flexibility index (Phi) is 4.96. The van der Waals surface area contributed by atoms with Crippen LogP contribution in [-0.4, -0.2) is 37.9 Å². The van der Waals surface area contributed by atoms with Crippen LogP contribution in [-0.2, 0) is 6.18 Å². The summed E-state index contributed by atoms with van der Waals surface area (Å²) in [4.78, 5) is 15.9. The Balaban J connectivity index is 1.52. The van der Waals surface area contributed by atoms with Gasteiger partial charge in [-0.05, 0) is 18.6 Å². The van der Waals surface area contributed by atoms with E-state index in [0.29, 0.717) is 32.9 Å². The molecule has 0 radical (unpaired) electrons. The highest BCUT2D eigenvalue weighted by Crippen LogP contribution is 2.37. The van der Waals surface area contributed by atoms with Crippen molar-refractivity contribution >= 4 is 27.8 Å². The Morgan fingerprint density at radius 1 is 1.12 bits per heavy atom. The number of anilines is 1. The Morgan fingerprint density at radius 3 is 2.70 bits per heavy atom. The number of rotatable bonds is 3. The van der Waals surface area contributed by atoms with Crippen LogP contribution in [0.25, 0.3) is 32.9 Å². The number of alkyl halides is 5. The topological polar surface area (TPSA) is 92.5 Å². The van der Waals surface area contributed by atoms with Gasteiger partial charge >= 0.3 is 6.18 Å². The zero-order valence-electron chi connectivity index (χ0n) is 17.1. The lowest BCUT2D eigenvalue weighted by atomic mass is 9.88. The molecule has 33 heavy (non-hydrogen) atoms. The number of aromatic nitrogens is 4. The first kappa shape index (κ1) is 21.5. The molecule has 1 aliphatic carbocycles. The molecule has 1 aliphatic rings. The maximum Gasteiger partial charge on any atom is 0.416 e. The lowest BCUT2D eigenvalue weighted by Crippen LogP contribution is -2.48. The number of halogens is 5. The summed E-state index contributed by atoms with van der Waals surface area (Å²) in [6, 6.07) is 2.34. The van der Waals surface area contributed by atoms with Crippen LogP contribution in [0.15, 0.2) is 43.0 Å². The van der Waals surface area contributed by atoms with Crippen LogP contribution >= 0.6 is 0 Å². The predicted molar refractivity (Wildman–Crippen MR) is 114 cm³/mol. The fourth-order valence-electron chi connectivity index (χ4n) is 4.26. The average molecular weight is 462 g/mol.